The van der Waals surface area contributed by atoms with Crippen LogP contribution in [0.2, 0.25) is 0 Å². The van der Waals surface area contributed by atoms with Gasteiger partial charge in [-0.25, -0.2) is 10.9 Å². The fraction of sp³-hybridized carbons (Fsp3) is 0.125. The molecule has 3 N–H and O–H groups in total. The lowest BCUT2D eigenvalue weighted by Gasteiger charge is -1.98. The average molecular weight is 163 g/mol. The highest BCUT2D eigenvalue weighted by atomic mass is 16.6. The number of hydrogen-bond donors (Lipinski definition) is 2. The number of aromatic nitrogens is 2. The van der Waals surface area contributed by atoms with Gasteiger partial charge in [-0.05, 0) is 6.07 Å². The van der Waals surface area contributed by atoms with E-state index in [0.717, 1.165) is 16.6 Å². The van der Waals surface area contributed by atoms with Crippen LogP contribution >= 0.6 is 0 Å². The van der Waals surface area contributed by atoms with E-state index in [2.05, 4.69) is 14.8 Å². The molecule has 1 aromatic heterocycles. The summed E-state index contributed by atoms with van der Waals surface area (Å²) in [6, 6.07) is 5.84. The quantitative estimate of drug-likeness (QED) is 0.648. The second kappa shape index (κ2) is 2.92. The lowest BCUT2D eigenvalue weighted by Crippen LogP contribution is -1.99. The Morgan fingerprint density at radius 3 is 3.25 bits per heavy atom. The van der Waals surface area contributed by atoms with Crippen LogP contribution in [-0.4, -0.2) is 9.97 Å². The second-order valence-corrected chi connectivity index (χ2v) is 2.53. The van der Waals surface area contributed by atoms with Crippen LogP contribution in [0, 0.1) is 0 Å². The van der Waals surface area contributed by atoms with Gasteiger partial charge in [-0.1, -0.05) is 12.1 Å². The average Bonchev–Trinajstić information content (AvgIpc) is 2.53. The van der Waals surface area contributed by atoms with Gasteiger partial charge in [0.25, 0.3) is 0 Å². The Bertz CT molecular complexity index is 382. The molecule has 0 spiro atoms. The fourth-order valence-electron chi connectivity index (χ4n) is 1.23. The van der Waals surface area contributed by atoms with E-state index < -0.39 is 0 Å². The zero-order valence-corrected chi connectivity index (χ0v) is 6.45. The summed E-state index contributed by atoms with van der Waals surface area (Å²) in [5, 5.41) is 0. The maximum absolute atomic E-state index is 4.98. The third kappa shape index (κ3) is 1.07. The van der Waals surface area contributed by atoms with Crippen molar-refractivity contribution in [3.05, 3.63) is 30.1 Å². The summed E-state index contributed by atoms with van der Waals surface area (Å²) in [7, 11) is 0. The number of nitrogens with two attached hydrogens (primary N) is 1. The van der Waals surface area contributed by atoms with Crippen LogP contribution < -0.4 is 5.90 Å². The number of para-hydroxylation sites is 1. The predicted molar refractivity (Wildman–Crippen MR) is 45.1 cm³/mol. The number of H-pyrrole nitrogens is 1. The van der Waals surface area contributed by atoms with E-state index in [9.17, 15) is 0 Å². The number of nitrogens with one attached hydrogen (secondary N) is 1. The molecule has 0 saturated carbocycles. The van der Waals surface area contributed by atoms with E-state index in [0.29, 0.717) is 6.61 Å². The summed E-state index contributed by atoms with van der Waals surface area (Å²) >= 11 is 0. The molecule has 0 saturated heterocycles. The van der Waals surface area contributed by atoms with Gasteiger partial charge < -0.3 is 4.98 Å². The first-order valence-corrected chi connectivity index (χ1v) is 3.64. The van der Waals surface area contributed by atoms with Gasteiger partial charge in [0.2, 0.25) is 0 Å². The zero-order valence-electron chi connectivity index (χ0n) is 6.45. The van der Waals surface area contributed by atoms with Gasteiger partial charge in [-0.2, -0.15) is 0 Å². The van der Waals surface area contributed by atoms with Crippen molar-refractivity contribution in [2.75, 3.05) is 0 Å². The maximum Gasteiger partial charge on any atom is 0.0951 e. The Morgan fingerprint density at radius 2 is 2.42 bits per heavy atom. The summed E-state index contributed by atoms with van der Waals surface area (Å²) in [5.41, 5.74) is 2.92. The van der Waals surface area contributed by atoms with E-state index in [-0.39, 0.29) is 0 Å². The van der Waals surface area contributed by atoms with Crippen LogP contribution in [-0.2, 0) is 11.4 Å². The molecule has 12 heavy (non-hydrogen) atoms. The summed E-state index contributed by atoms with van der Waals surface area (Å²) in [6.07, 6.45) is 1.66. The Morgan fingerprint density at radius 1 is 1.50 bits per heavy atom. The van der Waals surface area contributed by atoms with Crippen molar-refractivity contribution >= 4 is 11.0 Å². The molecule has 2 aromatic rings. The highest BCUT2D eigenvalue weighted by molar-refractivity contribution is 5.77. The number of hydrogen-bond acceptors (Lipinski definition) is 3. The van der Waals surface area contributed by atoms with E-state index in [1.165, 1.54) is 0 Å². The van der Waals surface area contributed by atoms with Crippen molar-refractivity contribution in [2.45, 2.75) is 6.61 Å². The molecule has 4 nitrogen and oxygen atoms in total. The topological polar surface area (TPSA) is 63.9 Å². The van der Waals surface area contributed by atoms with Gasteiger partial charge in [0.05, 0.1) is 24.0 Å². The van der Waals surface area contributed by atoms with Gasteiger partial charge in [0.1, 0.15) is 0 Å². The first-order chi connectivity index (χ1) is 5.92. The summed E-state index contributed by atoms with van der Waals surface area (Å²) in [5.74, 6) is 4.98. The lowest BCUT2D eigenvalue weighted by molar-refractivity contribution is 0.125. The van der Waals surface area contributed by atoms with E-state index in [1.54, 1.807) is 6.33 Å². The first kappa shape index (κ1) is 7.27. The molecular weight excluding hydrogens is 154 g/mol. The molecule has 2 rings (SSSR count). The molecule has 62 valence electrons. The number of nitrogens with zero attached hydrogens (tertiary/aromatic N) is 1. The Balaban J connectivity index is 2.57. The van der Waals surface area contributed by atoms with Gasteiger partial charge >= 0.3 is 0 Å². The van der Waals surface area contributed by atoms with Crippen molar-refractivity contribution in [3.8, 4) is 0 Å². The minimum Gasteiger partial charge on any atom is -0.345 e. The summed E-state index contributed by atoms with van der Waals surface area (Å²) in [6.45, 7) is 0.391. The monoisotopic (exact) mass is 163 g/mol. The third-order valence-electron chi connectivity index (χ3n) is 1.77. The van der Waals surface area contributed by atoms with Gasteiger partial charge in [0.15, 0.2) is 0 Å². The zero-order chi connectivity index (χ0) is 8.39. The molecule has 4 heteroatoms. The van der Waals surface area contributed by atoms with Crippen LogP contribution in [0.15, 0.2) is 24.5 Å². The molecular formula is C8H9N3O. The Hall–Kier alpha value is -1.39. The van der Waals surface area contributed by atoms with Crippen LogP contribution in [0.4, 0.5) is 0 Å². The minimum absolute atomic E-state index is 0.391. The first-order valence-electron chi connectivity index (χ1n) is 3.64. The summed E-state index contributed by atoms with van der Waals surface area (Å²) < 4.78 is 0. The van der Waals surface area contributed by atoms with Gasteiger partial charge in [-0.15, -0.1) is 0 Å². The smallest absolute Gasteiger partial charge is 0.0951 e. The lowest BCUT2D eigenvalue weighted by atomic mass is 10.2. The number of rotatable bonds is 2. The number of imidazole rings is 1. The van der Waals surface area contributed by atoms with Crippen LogP contribution in [0.25, 0.3) is 11.0 Å². The number of fused-ring (bicyclic) bond motifs is 1. The summed E-state index contributed by atoms with van der Waals surface area (Å²) in [4.78, 5) is 11.7. The minimum atomic E-state index is 0.391. The predicted octanol–water partition coefficient (Wildman–Crippen LogP) is 0.953. The standard InChI is InChI=1S/C8H9N3O/c9-12-4-6-2-1-3-7-8(6)11-5-10-7/h1-3,5H,4,9H2,(H,10,11). The molecule has 0 atom stereocenters. The molecule has 0 amide bonds. The van der Waals surface area contributed by atoms with Gasteiger partial charge in [0, 0.05) is 5.56 Å². The van der Waals surface area contributed by atoms with E-state index >= 15 is 0 Å². The molecule has 0 unspecified atom stereocenters. The highest BCUT2D eigenvalue weighted by Gasteiger charge is 2.01. The van der Waals surface area contributed by atoms with E-state index in [1.807, 2.05) is 18.2 Å². The SMILES string of the molecule is NOCc1cccc2[nH]cnc12. The Kier molecular flexibility index (Phi) is 1.77. The van der Waals surface area contributed by atoms with Crippen molar-refractivity contribution in [2.24, 2.45) is 5.90 Å². The molecule has 0 bridgehead atoms. The third-order valence-corrected chi connectivity index (χ3v) is 1.77. The molecule has 0 aliphatic rings. The number of aromatic amines is 1. The normalized spacial score (nSPS) is 10.8. The van der Waals surface area contributed by atoms with Gasteiger partial charge in [-0.3, -0.25) is 4.84 Å². The second-order valence-electron chi connectivity index (χ2n) is 2.53. The maximum atomic E-state index is 4.98. The molecule has 0 radical (unpaired) electrons. The van der Waals surface area contributed by atoms with Crippen molar-refractivity contribution in [3.63, 3.8) is 0 Å². The van der Waals surface area contributed by atoms with Crippen LogP contribution in [0.5, 0.6) is 0 Å². The van der Waals surface area contributed by atoms with Crippen LogP contribution in [0.1, 0.15) is 5.56 Å². The molecule has 0 fully saturated rings. The highest BCUT2D eigenvalue weighted by Crippen LogP contribution is 2.14. The van der Waals surface area contributed by atoms with Crippen LogP contribution in [0.3, 0.4) is 0 Å². The molecule has 1 heterocycles. The van der Waals surface area contributed by atoms with E-state index in [4.69, 9.17) is 5.90 Å². The Labute approximate surface area is 69.3 Å². The largest absolute Gasteiger partial charge is 0.345 e. The van der Waals surface area contributed by atoms with Crippen molar-refractivity contribution < 1.29 is 4.84 Å². The van der Waals surface area contributed by atoms with Crippen molar-refractivity contribution in [1.29, 1.82) is 0 Å². The fourth-order valence-corrected chi connectivity index (χ4v) is 1.23. The molecule has 0 aliphatic carbocycles. The molecule has 0 aliphatic heterocycles. The molecule has 1 aromatic carbocycles. The number of benzene rings is 1. The van der Waals surface area contributed by atoms with Crippen molar-refractivity contribution in [1.82, 2.24) is 9.97 Å².